The van der Waals surface area contributed by atoms with E-state index in [9.17, 15) is 5.11 Å². The van der Waals surface area contributed by atoms with Gasteiger partial charge in [0.1, 0.15) is 18.5 Å². The third-order valence-corrected chi connectivity index (χ3v) is 3.56. The molecule has 1 N–H and O–H groups in total. The molecule has 0 saturated carbocycles. The average Bonchev–Trinajstić information content (AvgIpc) is 2.70. The molecule has 0 bridgehead atoms. The second-order valence-electron chi connectivity index (χ2n) is 4.99. The first kappa shape index (κ1) is 14.9. The number of aliphatic hydroxyl groups is 1. The smallest absolute Gasteiger partial charge is 0.122 e. The molecule has 20 heavy (non-hydrogen) atoms. The first-order valence-corrected chi connectivity index (χ1v) is 6.91. The number of hydrogen-bond donors (Lipinski definition) is 1. The molecule has 0 radical (unpaired) electrons. The average molecular weight is 295 g/mol. The van der Waals surface area contributed by atoms with E-state index < -0.39 is 6.10 Å². The molecule has 1 aromatic carbocycles. The SMILES string of the molecule is Cc1ccc(OCC(O)Cn2ncc(Cl)c2C)c(C)c1. The molecule has 1 unspecified atom stereocenters. The molecular formula is C15H19ClN2O2. The van der Waals surface area contributed by atoms with Crippen molar-refractivity contribution in [1.29, 1.82) is 0 Å². The third-order valence-electron chi connectivity index (χ3n) is 3.19. The Bertz CT molecular complexity index is 596. The number of aromatic nitrogens is 2. The van der Waals surface area contributed by atoms with Crippen molar-refractivity contribution < 1.29 is 9.84 Å². The Balaban J connectivity index is 1.92. The minimum absolute atomic E-state index is 0.223. The maximum atomic E-state index is 10.0. The summed E-state index contributed by atoms with van der Waals surface area (Å²) in [4.78, 5) is 0. The molecule has 0 aliphatic carbocycles. The Kier molecular flexibility index (Phi) is 4.68. The van der Waals surface area contributed by atoms with Crippen LogP contribution in [0.25, 0.3) is 0 Å². The summed E-state index contributed by atoms with van der Waals surface area (Å²) in [5.74, 6) is 0.796. The maximum absolute atomic E-state index is 10.0. The molecule has 1 aromatic heterocycles. The highest BCUT2D eigenvalue weighted by atomic mass is 35.5. The number of benzene rings is 1. The van der Waals surface area contributed by atoms with E-state index in [4.69, 9.17) is 16.3 Å². The zero-order chi connectivity index (χ0) is 14.7. The van der Waals surface area contributed by atoms with Gasteiger partial charge in [0.2, 0.25) is 0 Å². The Morgan fingerprint density at radius 1 is 1.35 bits per heavy atom. The Labute approximate surface area is 123 Å². The largest absolute Gasteiger partial charge is 0.491 e. The molecule has 0 aliphatic rings. The first-order chi connectivity index (χ1) is 9.47. The number of hydrogen-bond acceptors (Lipinski definition) is 3. The van der Waals surface area contributed by atoms with Gasteiger partial charge in [-0.15, -0.1) is 0 Å². The van der Waals surface area contributed by atoms with Crippen LogP contribution in [-0.4, -0.2) is 27.6 Å². The fourth-order valence-electron chi connectivity index (χ4n) is 2.01. The monoisotopic (exact) mass is 294 g/mol. The lowest BCUT2D eigenvalue weighted by atomic mass is 10.1. The van der Waals surface area contributed by atoms with Crippen molar-refractivity contribution in [2.45, 2.75) is 33.4 Å². The number of aryl methyl sites for hydroxylation is 2. The molecule has 1 atom stereocenters. The number of rotatable bonds is 5. The highest BCUT2D eigenvalue weighted by Gasteiger charge is 2.11. The maximum Gasteiger partial charge on any atom is 0.122 e. The predicted octanol–water partition coefficient (Wildman–Crippen LogP) is 2.90. The van der Waals surface area contributed by atoms with Crippen LogP contribution in [0.5, 0.6) is 5.75 Å². The van der Waals surface area contributed by atoms with Gasteiger partial charge in [-0.1, -0.05) is 29.3 Å². The van der Waals surface area contributed by atoms with E-state index >= 15 is 0 Å². The molecule has 108 valence electrons. The molecule has 2 rings (SSSR count). The summed E-state index contributed by atoms with van der Waals surface area (Å²) in [6, 6.07) is 5.97. The van der Waals surface area contributed by atoms with Crippen molar-refractivity contribution in [3.8, 4) is 5.75 Å². The van der Waals surface area contributed by atoms with E-state index in [1.165, 1.54) is 5.56 Å². The van der Waals surface area contributed by atoms with Gasteiger partial charge >= 0.3 is 0 Å². The molecule has 5 heteroatoms. The van der Waals surface area contributed by atoms with Gasteiger partial charge in [-0.25, -0.2) is 0 Å². The van der Waals surface area contributed by atoms with E-state index in [1.54, 1.807) is 10.9 Å². The molecule has 0 saturated heterocycles. The Morgan fingerprint density at radius 2 is 2.10 bits per heavy atom. The highest BCUT2D eigenvalue weighted by molar-refractivity contribution is 6.31. The van der Waals surface area contributed by atoms with Crippen molar-refractivity contribution >= 4 is 11.6 Å². The lowest BCUT2D eigenvalue weighted by Crippen LogP contribution is -2.24. The molecule has 4 nitrogen and oxygen atoms in total. The van der Waals surface area contributed by atoms with Crippen LogP contribution in [0.2, 0.25) is 5.02 Å². The summed E-state index contributed by atoms with van der Waals surface area (Å²) in [6.45, 7) is 6.49. The Morgan fingerprint density at radius 3 is 2.70 bits per heavy atom. The van der Waals surface area contributed by atoms with Gasteiger partial charge in [0.05, 0.1) is 23.5 Å². The van der Waals surface area contributed by atoms with E-state index in [0.717, 1.165) is 17.0 Å². The number of nitrogens with zero attached hydrogens (tertiary/aromatic N) is 2. The van der Waals surface area contributed by atoms with E-state index in [0.29, 0.717) is 11.6 Å². The topological polar surface area (TPSA) is 47.3 Å². The van der Waals surface area contributed by atoms with Crippen LogP contribution >= 0.6 is 11.6 Å². The lowest BCUT2D eigenvalue weighted by molar-refractivity contribution is 0.0884. The molecular weight excluding hydrogens is 276 g/mol. The summed E-state index contributed by atoms with van der Waals surface area (Å²) in [5.41, 5.74) is 3.10. The van der Waals surface area contributed by atoms with Gasteiger partial charge in [-0.05, 0) is 32.4 Å². The molecule has 0 spiro atoms. The molecule has 2 aromatic rings. The van der Waals surface area contributed by atoms with Crippen LogP contribution in [0.1, 0.15) is 16.8 Å². The van der Waals surface area contributed by atoms with Crippen molar-refractivity contribution in [2.24, 2.45) is 0 Å². The van der Waals surface area contributed by atoms with Crippen LogP contribution in [-0.2, 0) is 6.54 Å². The van der Waals surface area contributed by atoms with Crippen molar-refractivity contribution in [1.82, 2.24) is 9.78 Å². The second-order valence-corrected chi connectivity index (χ2v) is 5.40. The van der Waals surface area contributed by atoms with Gasteiger partial charge in [0.25, 0.3) is 0 Å². The van der Waals surface area contributed by atoms with Gasteiger partial charge in [0.15, 0.2) is 0 Å². The Hall–Kier alpha value is -1.52. The zero-order valence-corrected chi connectivity index (χ0v) is 12.7. The minimum atomic E-state index is -0.634. The molecule has 0 fully saturated rings. The van der Waals surface area contributed by atoms with Crippen molar-refractivity contribution in [2.75, 3.05) is 6.61 Å². The van der Waals surface area contributed by atoms with Gasteiger partial charge in [0, 0.05) is 0 Å². The van der Waals surface area contributed by atoms with Crippen LogP contribution in [0.3, 0.4) is 0 Å². The van der Waals surface area contributed by atoms with Crippen molar-refractivity contribution in [3.63, 3.8) is 0 Å². The molecule has 0 aliphatic heterocycles. The van der Waals surface area contributed by atoms with Crippen molar-refractivity contribution in [3.05, 3.63) is 46.2 Å². The highest BCUT2D eigenvalue weighted by Crippen LogP contribution is 2.19. The van der Waals surface area contributed by atoms with E-state index in [1.807, 2.05) is 32.9 Å². The first-order valence-electron chi connectivity index (χ1n) is 6.53. The normalized spacial score (nSPS) is 12.4. The minimum Gasteiger partial charge on any atom is -0.491 e. The van der Waals surface area contributed by atoms with Crippen LogP contribution in [0, 0.1) is 20.8 Å². The lowest BCUT2D eigenvalue weighted by Gasteiger charge is -2.15. The second kappa shape index (κ2) is 6.29. The summed E-state index contributed by atoms with van der Waals surface area (Å²) >= 11 is 5.93. The predicted molar refractivity (Wildman–Crippen MR) is 79.4 cm³/mol. The van der Waals surface area contributed by atoms with Crippen LogP contribution < -0.4 is 4.74 Å². The van der Waals surface area contributed by atoms with Gasteiger partial charge in [-0.3, -0.25) is 4.68 Å². The third kappa shape index (κ3) is 3.52. The van der Waals surface area contributed by atoms with Gasteiger partial charge < -0.3 is 9.84 Å². The number of aliphatic hydroxyl groups excluding tert-OH is 1. The van der Waals surface area contributed by atoms with Crippen LogP contribution in [0.4, 0.5) is 0 Å². The fourth-order valence-corrected chi connectivity index (χ4v) is 2.15. The standard InChI is InChI=1S/C15H19ClN2O2/c1-10-4-5-15(11(2)6-10)20-9-13(19)8-18-12(3)14(16)7-17-18/h4-7,13,19H,8-9H2,1-3H3. The number of ether oxygens (including phenoxy) is 1. The molecule has 0 amide bonds. The van der Waals surface area contributed by atoms with E-state index in [-0.39, 0.29) is 6.61 Å². The summed E-state index contributed by atoms with van der Waals surface area (Å²) in [6.07, 6.45) is 0.944. The quantitative estimate of drug-likeness (QED) is 0.922. The summed E-state index contributed by atoms with van der Waals surface area (Å²) in [5, 5.41) is 14.7. The number of halogens is 1. The van der Waals surface area contributed by atoms with E-state index in [2.05, 4.69) is 11.2 Å². The summed E-state index contributed by atoms with van der Waals surface area (Å²) in [7, 11) is 0. The van der Waals surface area contributed by atoms with Crippen LogP contribution in [0.15, 0.2) is 24.4 Å². The summed E-state index contributed by atoms with van der Waals surface area (Å²) < 4.78 is 7.33. The fraction of sp³-hybridized carbons (Fsp3) is 0.400. The molecule has 1 heterocycles. The zero-order valence-electron chi connectivity index (χ0n) is 11.9. The van der Waals surface area contributed by atoms with Gasteiger partial charge in [-0.2, -0.15) is 5.10 Å².